The van der Waals surface area contributed by atoms with Crippen LogP contribution in [-0.4, -0.2) is 0 Å². The molecular weight excluding hydrogens is 168 g/mol. The third-order valence-electron chi connectivity index (χ3n) is 1.78. The highest BCUT2D eigenvalue weighted by molar-refractivity contribution is 6.21. The number of hydrogen-bond acceptors (Lipinski definition) is 0. The van der Waals surface area contributed by atoms with Crippen LogP contribution in [0.2, 0.25) is 0 Å². The molecule has 0 nitrogen and oxygen atoms in total. The number of alkyl halides is 1. The molecule has 1 aromatic rings. The molecule has 1 unspecified atom stereocenters. The van der Waals surface area contributed by atoms with Crippen LogP contribution in [0.1, 0.15) is 30.7 Å². The van der Waals surface area contributed by atoms with Crippen molar-refractivity contribution in [2.24, 2.45) is 0 Å². The molecule has 0 heterocycles. The molecule has 1 rings (SSSR count). The van der Waals surface area contributed by atoms with E-state index < -0.39 is 0 Å². The van der Waals surface area contributed by atoms with E-state index in [0.717, 1.165) is 12.8 Å². The van der Waals surface area contributed by atoms with E-state index in [1.54, 1.807) is 0 Å². The lowest BCUT2D eigenvalue weighted by Gasteiger charge is -2.07. The largest absolute Gasteiger partial charge is 0.118 e. The Morgan fingerprint density at radius 1 is 1.33 bits per heavy atom. The minimum Gasteiger partial charge on any atom is -0.118 e. The summed E-state index contributed by atoms with van der Waals surface area (Å²) in [7, 11) is 0. The molecule has 0 aromatic heterocycles. The van der Waals surface area contributed by atoms with Crippen molar-refractivity contribution in [3.05, 3.63) is 42.3 Å². The second kappa shape index (κ2) is 5.21. The Balaban J connectivity index is 2.48. The average Bonchev–Trinajstić information content (AvgIpc) is 2.15. The zero-order valence-corrected chi connectivity index (χ0v) is 8.09. The van der Waals surface area contributed by atoms with Crippen LogP contribution in [-0.2, 0) is 0 Å². The highest BCUT2D eigenvalue weighted by Gasteiger charge is 2.05. The lowest BCUT2D eigenvalue weighted by Crippen LogP contribution is -1.90. The average molecular weight is 182 g/mol. The van der Waals surface area contributed by atoms with Crippen LogP contribution in [0.15, 0.2) is 30.3 Å². The van der Waals surface area contributed by atoms with Gasteiger partial charge >= 0.3 is 0 Å². The molecule has 1 atom stereocenters. The topological polar surface area (TPSA) is 0 Å². The molecule has 0 amide bonds. The van der Waals surface area contributed by atoms with E-state index in [2.05, 4.69) is 25.5 Å². The number of benzene rings is 1. The van der Waals surface area contributed by atoms with E-state index in [0.29, 0.717) is 0 Å². The van der Waals surface area contributed by atoms with Crippen molar-refractivity contribution in [2.45, 2.75) is 25.1 Å². The van der Waals surface area contributed by atoms with Gasteiger partial charge in [-0.25, -0.2) is 0 Å². The third-order valence-corrected chi connectivity index (χ3v) is 2.21. The summed E-state index contributed by atoms with van der Waals surface area (Å²) < 4.78 is 0. The molecule has 12 heavy (non-hydrogen) atoms. The Labute approximate surface area is 79.6 Å². The van der Waals surface area contributed by atoms with Gasteiger partial charge in [0, 0.05) is 0 Å². The fraction of sp³-hybridized carbons (Fsp3) is 0.364. The first-order valence-corrected chi connectivity index (χ1v) is 4.80. The van der Waals surface area contributed by atoms with Gasteiger partial charge in [-0.15, -0.1) is 11.6 Å². The Kier molecular flexibility index (Phi) is 4.16. The molecule has 1 heteroatoms. The van der Waals surface area contributed by atoms with Crippen LogP contribution in [0.5, 0.6) is 0 Å². The van der Waals surface area contributed by atoms with Crippen LogP contribution in [0.25, 0.3) is 0 Å². The summed E-state index contributed by atoms with van der Waals surface area (Å²) in [5.41, 5.74) is 1.19. The molecule has 0 aliphatic rings. The van der Waals surface area contributed by atoms with Crippen molar-refractivity contribution >= 4 is 11.6 Å². The van der Waals surface area contributed by atoms with Crippen molar-refractivity contribution in [3.63, 3.8) is 0 Å². The molecule has 0 fully saturated rings. The smallest absolute Gasteiger partial charge is 0.0616 e. The molecule has 65 valence electrons. The van der Waals surface area contributed by atoms with Gasteiger partial charge in [-0.3, -0.25) is 0 Å². The standard InChI is InChI=1S/C11H14Cl/c1-2-3-9-11(12)10-7-5-4-6-8-10/h4-9,11H,2-3H2,1H3. The van der Waals surface area contributed by atoms with Crippen molar-refractivity contribution in [1.82, 2.24) is 0 Å². The van der Waals surface area contributed by atoms with E-state index in [4.69, 9.17) is 11.6 Å². The Morgan fingerprint density at radius 2 is 2.00 bits per heavy atom. The lowest BCUT2D eigenvalue weighted by molar-refractivity contribution is 0.851. The summed E-state index contributed by atoms with van der Waals surface area (Å²) in [5, 5.41) is 0.0751. The molecule has 1 aromatic carbocycles. The van der Waals surface area contributed by atoms with Gasteiger partial charge in [0.25, 0.3) is 0 Å². The predicted molar refractivity (Wildman–Crippen MR) is 54.2 cm³/mol. The fourth-order valence-electron chi connectivity index (χ4n) is 1.09. The number of hydrogen-bond donors (Lipinski definition) is 0. The molecule has 0 bridgehead atoms. The first-order chi connectivity index (χ1) is 5.84. The molecule has 1 radical (unpaired) electrons. The highest BCUT2D eigenvalue weighted by atomic mass is 35.5. The van der Waals surface area contributed by atoms with E-state index in [-0.39, 0.29) is 5.38 Å². The van der Waals surface area contributed by atoms with Gasteiger partial charge < -0.3 is 0 Å². The zero-order chi connectivity index (χ0) is 8.81. The quantitative estimate of drug-likeness (QED) is 0.617. The maximum atomic E-state index is 6.13. The second-order valence-corrected chi connectivity index (χ2v) is 3.31. The molecule has 0 saturated carbocycles. The molecule has 0 saturated heterocycles. The molecule has 0 spiro atoms. The molecule has 0 N–H and O–H groups in total. The maximum absolute atomic E-state index is 6.13. The van der Waals surface area contributed by atoms with Crippen molar-refractivity contribution in [2.75, 3.05) is 0 Å². The Bertz CT molecular complexity index is 206. The molecule has 0 aliphatic carbocycles. The fourth-order valence-corrected chi connectivity index (χ4v) is 1.36. The minimum absolute atomic E-state index is 0.0751. The van der Waals surface area contributed by atoms with Gasteiger partial charge in [0.15, 0.2) is 0 Å². The van der Waals surface area contributed by atoms with Gasteiger partial charge in [0.1, 0.15) is 0 Å². The molecular formula is C11H14Cl. The van der Waals surface area contributed by atoms with Crippen LogP contribution in [0, 0.1) is 6.42 Å². The van der Waals surface area contributed by atoms with Crippen LogP contribution in [0.3, 0.4) is 0 Å². The normalized spacial score (nSPS) is 12.8. The second-order valence-electron chi connectivity index (χ2n) is 2.84. The summed E-state index contributed by atoms with van der Waals surface area (Å²) in [6, 6.07) is 10.2. The van der Waals surface area contributed by atoms with E-state index >= 15 is 0 Å². The first kappa shape index (κ1) is 9.60. The van der Waals surface area contributed by atoms with Gasteiger partial charge in [-0.2, -0.15) is 0 Å². The number of halogens is 1. The summed E-state index contributed by atoms with van der Waals surface area (Å²) in [5.74, 6) is 0. The zero-order valence-electron chi connectivity index (χ0n) is 7.33. The monoisotopic (exact) mass is 181 g/mol. The van der Waals surface area contributed by atoms with Gasteiger partial charge in [-0.05, 0) is 18.4 Å². The number of unbranched alkanes of at least 4 members (excludes halogenated alkanes) is 1. The van der Waals surface area contributed by atoms with Crippen molar-refractivity contribution in [3.8, 4) is 0 Å². The van der Waals surface area contributed by atoms with Gasteiger partial charge in [0.2, 0.25) is 0 Å². The van der Waals surface area contributed by atoms with E-state index in [1.807, 2.05) is 18.2 Å². The van der Waals surface area contributed by atoms with Gasteiger partial charge in [0.05, 0.1) is 5.38 Å². The van der Waals surface area contributed by atoms with E-state index in [9.17, 15) is 0 Å². The predicted octanol–water partition coefficient (Wildman–Crippen LogP) is 3.97. The van der Waals surface area contributed by atoms with Crippen LogP contribution in [0.4, 0.5) is 0 Å². The van der Waals surface area contributed by atoms with Crippen molar-refractivity contribution < 1.29 is 0 Å². The van der Waals surface area contributed by atoms with Crippen molar-refractivity contribution in [1.29, 1.82) is 0 Å². The maximum Gasteiger partial charge on any atom is 0.0616 e. The third kappa shape index (κ3) is 2.86. The number of rotatable bonds is 4. The first-order valence-electron chi connectivity index (χ1n) is 4.37. The lowest BCUT2D eigenvalue weighted by atomic mass is 10.1. The summed E-state index contributed by atoms with van der Waals surface area (Å²) in [6.07, 6.45) is 4.40. The summed E-state index contributed by atoms with van der Waals surface area (Å²) in [4.78, 5) is 0. The summed E-state index contributed by atoms with van der Waals surface area (Å²) in [6.45, 7) is 2.16. The SMILES string of the molecule is CCC[CH]C(Cl)c1ccccc1. The van der Waals surface area contributed by atoms with Gasteiger partial charge in [-0.1, -0.05) is 43.7 Å². The van der Waals surface area contributed by atoms with Crippen LogP contribution >= 0.6 is 11.6 Å². The van der Waals surface area contributed by atoms with Crippen LogP contribution < -0.4 is 0 Å². The molecule has 0 aliphatic heterocycles. The highest BCUT2D eigenvalue weighted by Crippen LogP contribution is 2.24. The Hall–Kier alpha value is -0.490. The van der Waals surface area contributed by atoms with E-state index in [1.165, 1.54) is 5.56 Å². The Morgan fingerprint density at radius 3 is 2.58 bits per heavy atom. The minimum atomic E-state index is 0.0751. The summed E-state index contributed by atoms with van der Waals surface area (Å²) >= 11 is 6.13.